The maximum Gasteiger partial charge on any atom is 0.266 e. The highest BCUT2D eigenvalue weighted by Crippen LogP contribution is 2.29. The number of carbonyl (C=O) groups excluding carboxylic acids is 1. The van der Waals surface area contributed by atoms with Crippen molar-refractivity contribution in [2.75, 3.05) is 5.32 Å². The predicted octanol–water partition coefficient (Wildman–Crippen LogP) is 4.42. The van der Waals surface area contributed by atoms with E-state index >= 15 is 0 Å². The molecule has 0 fully saturated rings. The van der Waals surface area contributed by atoms with E-state index in [2.05, 4.69) is 36.4 Å². The minimum Gasteiger partial charge on any atom is -0.480 e. The lowest BCUT2D eigenvalue weighted by atomic mass is 10.3. The summed E-state index contributed by atoms with van der Waals surface area (Å²) in [6.45, 7) is 1.65. The highest BCUT2D eigenvalue weighted by Gasteiger charge is 2.18. The van der Waals surface area contributed by atoms with Crippen LogP contribution in [0.1, 0.15) is 6.92 Å². The van der Waals surface area contributed by atoms with Gasteiger partial charge in [0.25, 0.3) is 5.91 Å². The molecule has 1 unspecified atom stereocenters. The van der Waals surface area contributed by atoms with E-state index in [0.29, 0.717) is 31.1 Å². The largest absolute Gasteiger partial charge is 0.480 e. The van der Waals surface area contributed by atoms with Crippen LogP contribution in [0.25, 0.3) is 10.7 Å². The highest BCUT2D eigenvalue weighted by atomic mass is 79.9. The third-order valence-electron chi connectivity index (χ3n) is 3.11. The Balaban J connectivity index is 1.65. The van der Waals surface area contributed by atoms with Gasteiger partial charge in [-0.25, -0.2) is 0 Å². The molecule has 0 saturated carbocycles. The van der Waals surface area contributed by atoms with Crippen molar-refractivity contribution in [3.8, 4) is 16.5 Å². The molecule has 25 heavy (non-hydrogen) atoms. The van der Waals surface area contributed by atoms with E-state index in [0.717, 1.165) is 0 Å². The minimum absolute atomic E-state index is 0.328. The van der Waals surface area contributed by atoms with E-state index in [9.17, 15) is 4.79 Å². The minimum atomic E-state index is -0.723. The second-order valence-electron chi connectivity index (χ2n) is 4.95. The molecule has 0 aliphatic heterocycles. The molecule has 1 N–H and O–H groups in total. The Morgan fingerprint density at radius 1 is 1.32 bits per heavy atom. The summed E-state index contributed by atoms with van der Waals surface area (Å²) in [5.74, 6) is 0.198. The van der Waals surface area contributed by atoms with Crippen molar-refractivity contribution >= 4 is 49.9 Å². The fraction of sp³-hybridized carbons (Fsp3) is 0.125. The first kappa shape index (κ1) is 17.8. The molecule has 0 aliphatic carbocycles. The van der Waals surface area contributed by atoms with Crippen LogP contribution in [0.3, 0.4) is 0 Å². The summed E-state index contributed by atoms with van der Waals surface area (Å²) >= 11 is 10.5. The first-order valence-electron chi connectivity index (χ1n) is 7.20. The van der Waals surface area contributed by atoms with E-state index < -0.39 is 6.10 Å². The van der Waals surface area contributed by atoms with Crippen LogP contribution in [0.5, 0.6) is 5.75 Å². The van der Waals surface area contributed by atoms with E-state index in [1.807, 2.05) is 18.2 Å². The maximum absolute atomic E-state index is 12.3. The fourth-order valence-corrected chi connectivity index (χ4v) is 3.39. The number of hydrogen-bond donors (Lipinski definition) is 1. The van der Waals surface area contributed by atoms with Crippen molar-refractivity contribution in [2.24, 2.45) is 0 Å². The molecule has 1 aromatic carbocycles. The number of rotatable bonds is 5. The van der Waals surface area contributed by atoms with Crippen molar-refractivity contribution in [3.63, 3.8) is 0 Å². The molecule has 0 aliphatic rings. The van der Waals surface area contributed by atoms with Gasteiger partial charge in [-0.1, -0.05) is 29.0 Å². The van der Waals surface area contributed by atoms with Gasteiger partial charge in [0.1, 0.15) is 11.4 Å². The molecule has 3 aromatic rings. The normalized spacial score (nSPS) is 11.8. The zero-order valence-corrected chi connectivity index (χ0v) is 16.1. The molecule has 0 bridgehead atoms. The maximum atomic E-state index is 12.3. The number of carbonyl (C=O) groups is 1. The van der Waals surface area contributed by atoms with E-state index in [1.165, 1.54) is 11.3 Å². The zero-order chi connectivity index (χ0) is 17.8. The molecule has 6 nitrogen and oxygen atoms in total. The van der Waals surface area contributed by atoms with Gasteiger partial charge < -0.3 is 4.74 Å². The topological polar surface area (TPSA) is 77.0 Å². The van der Waals surface area contributed by atoms with E-state index in [1.54, 1.807) is 31.3 Å². The summed E-state index contributed by atoms with van der Waals surface area (Å²) in [7, 11) is 0. The van der Waals surface area contributed by atoms with Crippen LogP contribution in [0.2, 0.25) is 5.02 Å². The van der Waals surface area contributed by atoms with Crippen molar-refractivity contribution in [1.82, 2.24) is 15.2 Å². The smallest absolute Gasteiger partial charge is 0.266 e. The van der Waals surface area contributed by atoms with Gasteiger partial charge >= 0.3 is 0 Å². The summed E-state index contributed by atoms with van der Waals surface area (Å²) in [5, 5.41) is 12.3. The molecular weight excluding hydrogens is 428 g/mol. The highest BCUT2D eigenvalue weighted by molar-refractivity contribution is 9.10. The molecule has 2 heterocycles. The molecule has 1 amide bonds. The van der Waals surface area contributed by atoms with Crippen LogP contribution < -0.4 is 10.1 Å². The summed E-state index contributed by atoms with van der Waals surface area (Å²) in [5.41, 5.74) is 0.704. The van der Waals surface area contributed by atoms with Crippen molar-refractivity contribution < 1.29 is 9.53 Å². The summed E-state index contributed by atoms with van der Waals surface area (Å²) in [4.78, 5) is 16.5. The van der Waals surface area contributed by atoms with Crippen molar-refractivity contribution in [1.29, 1.82) is 0 Å². The van der Waals surface area contributed by atoms with Gasteiger partial charge in [-0.3, -0.25) is 15.1 Å². The average molecular weight is 440 g/mol. The van der Waals surface area contributed by atoms with Gasteiger partial charge in [-0.2, -0.15) is 0 Å². The molecular formula is C16H12BrClN4O2S. The Bertz CT molecular complexity index is 891. The van der Waals surface area contributed by atoms with Crippen LogP contribution in [0, 0.1) is 0 Å². The quantitative estimate of drug-likeness (QED) is 0.637. The monoisotopic (exact) mass is 438 g/mol. The fourth-order valence-electron chi connectivity index (χ4n) is 1.89. The number of pyridine rings is 1. The molecule has 0 radical (unpaired) electrons. The Kier molecular flexibility index (Phi) is 5.62. The molecule has 1 atom stereocenters. The number of nitrogens with one attached hydrogen (secondary N) is 1. The number of ether oxygens (including phenoxy) is 1. The predicted molar refractivity (Wildman–Crippen MR) is 101 cm³/mol. The number of halogens is 2. The van der Waals surface area contributed by atoms with Crippen LogP contribution in [-0.4, -0.2) is 27.2 Å². The Hall–Kier alpha value is -2.03. The molecule has 128 valence electrons. The standard InChI is InChI=1S/C16H12BrClN4O2S/c1-9(24-13-6-5-10(18)8-11(13)17)14(23)20-16-22-21-15(25-16)12-4-2-3-7-19-12/h2-9H,1H3,(H,20,22,23). The van der Waals surface area contributed by atoms with Crippen molar-refractivity contribution in [3.05, 3.63) is 52.1 Å². The molecule has 0 saturated heterocycles. The number of anilines is 1. The molecule has 2 aromatic heterocycles. The number of benzene rings is 1. The summed E-state index contributed by atoms with van der Waals surface area (Å²) < 4.78 is 6.33. The summed E-state index contributed by atoms with van der Waals surface area (Å²) in [6.07, 6.45) is 0.953. The Labute approximate surface area is 161 Å². The Morgan fingerprint density at radius 3 is 2.88 bits per heavy atom. The average Bonchev–Trinajstić information content (AvgIpc) is 3.06. The third kappa shape index (κ3) is 4.53. The van der Waals surface area contributed by atoms with Gasteiger partial charge in [-0.15, -0.1) is 10.2 Å². The molecule has 0 spiro atoms. The van der Waals surface area contributed by atoms with Crippen LogP contribution in [-0.2, 0) is 4.79 Å². The van der Waals surface area contributed by atoms with Gasteiger partial charge in [-0.05, 0) is 53.2 Å². The first-order chi connectivity index (χ1) is 12.0. The van der Waals surface area contributed by atoms with Gasteiger partial charge in [0, 0.05) is 11.2 Å². The molecule has 9 heteroatoms. The van der Waals surface area contributed by atoms with Gasteiger partial charge in [0.15, 0.2) is 11.1 Å². The van der Waals surface area contributed by atoms with Crippen LogP contribution in [0.4, 0.5) is 5.13 Å². The summed E-state index contributed by atoms with van der Waals surface area (Å²) in [6, 6.07) is 10.6. The van der Waals surface area contributed by atoms with E-state index in [4.69, 9.17) is 16.3 Å². The second-order valence-corrected chi connectivity index (χ2v) is 7.22. The SMILES string of the molecule is CC(Oc1ccc(Cl)cc1Br)C(=O)Nc1nnc(-c2ccccn2)s1. The number of aromatic nitrogens is 3. The Morgan fingerprint density at radius 2 is 2.16 bits per heavy atom. The van der Waals surface area contributed by atoms with Gasteiger partial charge in [0.05, 0.1) is 4.47 Å². The lowest BCUT2D eigenvalue weighted by Gasteiger charge is -2.14. The zero-order valence-electron chi connectivity index (χ0n) is 12.9. The number of hydrogen-bond acceptors (Lipinski definition) is 6. The van der Waals surface area contributed by atoms with Gasteiger partial charge in [0.2, 0.25) is 5.13 Å². The lowest BCUT2D eigenvalue weighted by Crippen LogP contribution is -2.30. The third-order valence-corrected chi connectivity index (χ3v) is 4.82. The van der Waals surface area contributed by atoms with Crippen LogP contribution >= 0.6 is 38.9 Å². The van der Waals surface area contributed by atoms with E-state index in [-0.39, 0.29) is 5.91 Å². The van der Waals surface area contributed by atoms with Crippen LogP contribution in [0.15, 0.2) is 47.1 Å². The number of amides is 1. The lowest BCUT2D eigenvalue weighted by molar-refractivity contribution is -0.122. The number of nitrogens with zero attached hydrogens (tertiary/aromatic N) is 3. The second kappa shape index (κ2) is 7.90. The van der Waals surface area contributed by atoms with Crippen molar-refractivity contribution in [2.45, 2.75) is 13.0 Å². The molecule has 3 rings (SSSR count). The first-order valence-corrected chi connectivity index (χ1v) is 9.19.